The van der Waals surface area contributed by atoms with Crippen LogP contribution < -0.4 is 5.62 Å². The van der Waals surface area contributed by atoms with Crippen molar-refractivity contribution in [2.75, 3.05) is 0 Å². The zero-order chi connectivity index (χ0) is 24.6. The number of Topliss-reactive ketones (excluding diaryl/α,β-unsaturated/α-hetero) is 1. The molecule has 0 saturated heterocycles. The number of halogens is 1. The number of hydrogen-bond donors (Lipinski definition) is 1. The van der Waals surface area contributed by atoms with Gasteiger partial charge in [-0.05, 0) is 35.4 Å². The molecule has 5 nitrogen and oxygen atoms in total. The molecular formula is C27H34BrN3O2. The van der Waals surface area contributed by atoms with Gasteiger partial charge in [0.05, 0.1) is 29.2 Å². The SMILES string of the molecule is Cc1cn(Cc2ccccc2)c(=NBr)n1CC(=O)c1cc(C(C)(C)C)c(O)c(C(C)(C)C)c1. The van der Waals surface area contributed by atoms with E-state index in [1.807, 2.05) is 94.1 Å². The number of aromatic hydroxyl groups is 1. The number of imidazole rings is 1. The summed E-state index contributed by atoms with van der Waals surface area (Å²) in [5.41, 5.74) is 4.37. The molecule has 0 fully saturated rings. The molecule has 0 aliphatic rings. The van der Waals surface area contributed by atoms with Gasteiger partial charge >= 0.3 is 0 Å². The molecule has 176 valence electrons. The van der Waals surface area contributed by atoms with E-state index < -0.39 is 0 Å². The van der Waals surface area contributed by atoms with Crippen LogP contribution in [0.5, 0.6) is 5.75 Å². The first-order valence-electron chi connectivity index (χ1n) is 11.2. The van der Waals surface area contributed by atoms with Gasteiger partial charge in [-0.2, -0.15) is 4.02 Å². The zero-order valence-electron chi connectivity index (χ0n) is 20.6. The fourth-order valence-corrected chi connectivity index (χ4v) is 4.42. The lowest BCUT2D eigenvalue weighted by Gasteiger charge is -2.28. The van der Waals surface area contributed by atoms with E-state index in [1.54, 1.807) is 0 Å². The average molecular weight is 512 g/mol. The number of carbonyl (C=O) groups is 1. The molecule has 33 heavy (non-hydrogen) atoms. The minimum Gasteiger partial charge on any atom is -0.507 e. The largest absolute Gasteiger partial charge is 0.507 e. The molecular weight excluding hydrogens is 478 g/mol. The summed E-state index contributed by atoms with van der Waals surface area (Å²) in [5, 5.41) is 11.0. The van der Waals surface area contributed by atoms with Crippen molar-refractivity contribution >= 4 is 21.9 Å². The smallest absolute Gasteiger partial charge is 0.217 e. The summed E-state index contributed by atoms with van der Waals surface area (Å²) in [4.78, 5) is 13.5. The molecule has 0 spiro atoms. The van der Waals surface area contributed by atoms with Gasteiger partial charge in [-0.15, -0.1) is 0 Å². The van der Waals surface area contributed by atoms with Crippen LogP contribution in [0, 0.1) is 6.92 Å². The van der Waals surface area contributed by atoms with E-state index in [1.165, 1.54) is 0 Å². The first-order chi connectivity index (χ1) is 15.3. The highest BCUT2D eigenvalue weighted by atomic mass is 79.9. The summed E-state index contributed by atoms with van der Waals surface area (Å²) >= 11 is 3.26. The standard InChI is InChI=1S/C27H34BrN3O2/c1-18-15-30(16-19-11-9-8-10-12-19)25(29-28)31(18)17-23(32)20-13-21(26(2,3)4)24(33)22(14-20)27(5,6)7/h8-15,33H,16-17H2,1-7H3. The van der Waals surface area contributed by atoms with Crippen LogP contribution in [0.4, 0.5) is 0 Å². The summed E-state index contributed by atoms with van der Waals surface area (Å²) < 4.78 is 8.26. The van der Waals surface area contributed by atoms with Gasteiger partial charge in [-0.3, -0.25) is 4.79 Å². The Kier molecular flexibility index (Phi) is 7.08. The van der Waals surface area contributed by atoms with Crippen molar-refractivity contribution in [3.05, 3.63) is 82.2 Å². The molecule has 1 aromatic heterocycles. The fraction of sp³-hybridized carbons (Fsp3) is 0.407. The number of ketones is 1. The number of carbonyl (C=O) groups excluding carboxylic acids is 1. The maximum absolute atomic E-state index is 13.5. The van der Waals surface area contributed by atoms with Crippen LogP contribution in [0.3, 0.4) is 0 Å². The number of benzene rings is 2. The molecule has 0 radical (unpaired) electrons. The maximum atomic E-state index is 13.5. The minimum atomic E-state index is -0.293. The van der Waals surface area contributed by atoms with Crippen LogP contribution in [0.25, 0.3) is 0 Å². The molecule has 1 heterocycles. The molecule has 0 atom stereocenters. The van der Waals surface area contributed by atoms with Crippen LogP contribution >= 0.6 is 16.1 Å². The van der Waals surface area contributed by atoms with Crippen molar-refractivity contribution in [2.24, 2.45) is 4.02 Å². The Labute approximate surface area is 205 Å². The molecule has 0 bridgehead atoms. The Bertz CT molecular complexity index is 1190. The van der Waals surface area contributed by atoms with E-state index in [9.17, 15) is 9.90 Å². The molecule has 1 N–H and O–H groups in total. The quantitative estimate of drug-likeness (QED) is 0.424. The highest BCUT2D eigenvalue weighted by molar-refractivity contribution is 9.08. The van der Waals surface area contributed by atoms with Crippen molar-refractivity contribution < 1.29 is 9.90 Å². The first kappa shape index (κ1) is 25.0. The fourth-order valence-electron chi connectivity index (χ4n) is 4.03. The van der Waals surface area contributed by atoms with Crippen molar-refractivity contribution in [1.82, 2.24) is 9.13 Å². The molecule has 6 heteroatoms. The van der Waals surface area contributed by atoms with Crippen LogP contribution in [0.15, 0.2) is 52.7 Å². The second-order valence-electron chi connectivity index (χ2n) is 10.7. The number of aromatic nitrogens is 2. The van der Waals surface area contributed by atoms with Crippen molar-refractivity contribution in [2.45, 2.75) is 72.4 Å². The Morgan fingerprint density at radius 1 is 1.00 bits per heavy atom. The van der Waals surface area contributed by atoms with Gasteiger partial charge in [0.25, 0.3) is 0 Å². The number of phenols is 1. The summed E-state index contributed by atoms with van der Waals surface area (Å²) in [6.07, 6.45) is 2.01. The summed E-state index contributed by atoms with van der Waals surface area (Å²) in [6.45, 7) is 15.1. The Hall–Kier alpha value is -2.60. The Balaban J connectivity index is 2.03. The predicted octanol–water partition coefficient (Wildman–Crippen LogP) is 6.04. The van der Waals surface area contributed by atoms with Crippen molar-refractivity contribution in [1.29, 1.82) is 0 Å². The van der Waals surface area contributed by atoms with Gasteiger partial charge in [-0.1, -0.05) is 71.9 Å². The van der Waals surface area contributed by atoms with E-state index in [0.717, 1.165) is 22.4 Å². The average Bonchev–Trinajstić information content (AvgIpc) is 3.00. The lowest BCUT2D eigenvalue weighted by Crippen LogP contribution is -2.29. The van der Waals surface area contributed by atoms with Gasteiger partial charge < -0.3 is 14.2 Å². The van der Waals surface area contributed by atoms with Crippen molar-refractivity contribution in [3.63, 3.8) is 0 Å². The number of hydrogen-bond acceptors (Lipinski definition) is 3. The third-order valence-corrected chi connectivity index (χ3v) is 6.20. The van der Waals surface area contributed by atoms with Crippen LogP contribution in [-0.4, -0.2) is 20.0 Å². The molecule has 0 aliphatic heterocycles. The first-order valence-corrected chi connectivity index (χ1v) is 11.9. The highest BCUT2D eigenvalue weighted by Crippen LogP contribution is 2.39. The third kappa shape index (κ3) is 5.49. The van der Waals surface area contributed by atoms with E-state index in [0.29, 0.717) is 17.7 Å². The molecule has 3 rings (SSSR count). The lowest BCUT2D eigenvalue weighted by molar-refractivity contribution is 0.0969. The predicted molar refractivity (Wildman–Crippen MR) is 137 cm³/mol. The molecule has 0 amide bonds. The van der Waals surface area contributed by atoms with E-state index in [-0.39, 0.29) is 28.9 Å². The van der Waals surface area contributed by atoms with Gasteiger partial charge in [0, 0.05) is 28.6 Å². The minimum absolute atomic E-state index is 0.0195. The van der Waals surface area contributed by atoms with Gasteiger partial charge in [-0.25, -0.2) is 0 Å². The van der Waals surface area contributed by atoms with Crippen LogP contribution in [-0.2, 0) is 23.9 Å². The summed E-state index contributed by atoms with van der Waals surface area (Å²) in [7, 11) is 0. The highest BCUT2D eigenvalue weighted by Gasteiger charge is 2.28. The summed E-state index contributed by atoms with van der Waals surface area (Å²) in [5.74, 6) is 0.259. The molecule has 0 saturated carbocycles. The van der Waals surface area contributed by atoms with E-state index in [4.69, 9.17) is 0 Å². The third-order valence-electron chi connectivity index (χ3n) is 5.89. The van der Waals surface area contributed by atoms with Crippen molar-refractivity contribution in [3.8, 4) is 5.75 Å². The maximum Gasteiger partial charge on any atom is 0.217 e. The lowest BCUT2D eigenvalue weighted by atomic mass is 9.78. The topological polar surface area (TPSA) is 59.5 Å². The monoisotopic (exact) mass is 511 g/mol. The van der Waals surface area contributed by atoms with Crippen LogP contribution in [0.2, 0.25) is 0 Å². The molecule has 3 aromatic rings. The second-order valence-corrected chi connectivity index (χ2v) is 11.1. The molecule has 0 unspecified atom stereocenters. The number of aryl methyl sites for hydroxylation is 1. The normalized spacial score (nSPS) is 12.9. The van der Waals surface area contributed by atoms with Gasteiger partial charge in [0.2, 0.25) is 5.62 Å². The second kappa shape index (κ2) is 9.34. The Morgan fingerprint density at radius 2 is 1.55 bits per heavy atom. The Morgan fingerprint density at radius 3 is 2.03 bits per heavy atom. The number of nitrogens with zero attached hydrogens (tertiary/aromatic N) is 3. The number of rotatable bonds is 5. The summed E-state index contributed by atoms with van der Waals surface area (Å²) in [6, 6.07) is 13.8. The van der Waals surface area contributed by atoms with Gasteiger partial charge in [0.1, 0.15) is 5.75 Å². The zero-order valence-corrected chi connectivity index (χ0v) is 22.2. The number of phenolic OH excluding ortho intramolecular Hbond substituents is 1. The van der Waals surface area contributed by atoms with Crippen LogP contribution in [0.1, 0.15) is 74.3 Å². The van der Waals surface area contributed by atoms with E-state index >= 15 is 0 Å². The van der Waals surface area contributed by atoms with Gasteiger partial charge in [0.15, 0.2) is 5.78 Å². The molecule has 0 aliphatic carbocycles. The molecule has 2 aromatic carbocycles. The van der Waals surface area contributed by atoms with E-state index in [2.05, 4.69) is 32.3 Å².